The van der Waals surface area contributed by atoms with Gasteiger partial charge in [0.2, 0.25) is 0 Å². The number of methoxy groups -OCH3 is 2. The van der Waals surface area contributed by atoms with Crippen LogP contribution in [0.3, 0.4) is 0 Å². The zero-order valence-corrected chi connectivity index (χ0v) is 14.2. The number of anilines is 1. The van der Waals surface area contributed by atoms with Crippen molar-refractivity contribution in [2.45, 2.75) is 6.54 Å². The molecule has 0 heterocycles. The maximum atomic E-state index is 6.19. The number of hydrogen-bond donors (Lipinski definition) is 1. The fourth-order valence-electron chi connectivity index (χ4n) is 1.88. The Bertz CT molecular complexity index is 604. The van der Waals surface area contributed by atoms with Crippen molar-refractivity contribution in [3.05, 3.63) is 50.6 Å². The molecule has 0 aromatic heterocycles. The van der Waals surface area contributed by atoms with Crippen molar-refractivity contribution in [1.82, 2.24) is 0 Å². The largest absolute Gasteiger partial charge is 0.493 e. The standard InChI is InChI=1S/C15H15ClINO2/c1-19-14-7-10(6-13(16)15(14)20-2)9-18-12-5-3-4-11(17)8-12/h3-8,18H,9H2,1-2H3. The molecule has 0 unspecified atom stereocenters. The van der Waals surface area contributed by atoms with Crippen LogP contribution in [-0.2, 0) is 6.54 Å². The quantitative estimate of drug-likeness (QED) is 0.742. The van der Waals surface area contributed by atoms with Crippen molar-refractivity contribution in [3.8, 4) is 11.5 Å². The summed E-state index contributed by atoms with van der Waals surface area (Å²) in [6, 6.07) is 12.0. The van der Waals surface area contributed by atoms with Gasteiger partial charge in [-0.25, -0.2) is 0 Å². The van der Waals surface area contributed by atoms with E-state index in [1.54, 1.807) is 14.2 Å². The summed E-state index contributed by atoms with van der Waals surface area (Å²) in [5, 5.41) is 3.91. The molecule has 0 amide bonds. The summed E-state index contributed by atoms with van der Waals surface area (Å²) in [6.07, 6.45) is 0. The first-order chi connectivity index (χ1) is 9.63. The van der Waals surface area contributed by atoms with Gasteiger partial charge in [0.25, 0.3) is 0 Å². The average molecular weight is 404 g/mol. The van der Waals surface area contributed by atoms with Crippen molar-refractivity contribution in [3.63, 3.8) is 0 Å². The van der Waals surface area contributed by atoms with Crippen molar-refractivity contribution >= 4 is 39.9 Å². The van der Waals surface area contributed by atoms with Gasteiger partial charge < -0.3 is 14.8 Å². The van der Waals surface area contributed by atoms with Gasteiger partial charge in [-0.05, 0) is 58.5 Å². The van der Waals surface area contributed by atoms with Crippen molar-refractivity contribution in [2.24, 2.45) is 0 Å². The zero-order chi connectivity index (χ0) is 14.5. The molecule has 2 aromatic carbocycles. The molecule has 0 radical (unpaired) electrons. The summed E-state index contributed by atoms with van der Waals surface area (Å²) >= 11 is 8.47. The average Bonchev–Trinajstić information content (AvgIpc) is 2.44. The van der Waals surface area contributed by atoms with Crippen molar-refractivity contribution < 1.29 is 9.47 Å². The Labute approximate surface area is 137 Å². The third-order valence-electron chi connectivity index (χ3n) is 2.81. The third kappa shape index (κ3) is 3.70. The van der Waals surface area contributed by atoms with Crippen LogP contribution >= 0.6 is 34.2 Å². The molecule has 106 valence electrons. The number of benzene rings is 2. The van der Waals surface area contributed by atoms with Gasteiger partial charge in [-0.1, -0.05) is 17.7 Å². The molecule has 0 saturated carbocycles. The lowest BCUT2D eigenvalue weighted by Crippen LogP contribution is -2.01. The molecule has 1 N–H and O–H groups in total. The highest BCUT2D eigenvalue weighted by atomic mass is 127. The second kappa shape index (κ2) is 7.04. The predicted molar refractivity (Wildman–Crippen MR) is 91.0 cm³/mol. The highest BCUT2D eigenvalue weighted by Crippen LogP contribution is 2.36. The maximum absolute atomic E-state index is 6.19. The monoisotopic (exact) mass is 403 g/mol. The van der Waals surface area contributed by atoms with Gasteiger partial charge in [-0.2, -0.15) is 0 Å². The molecular weight excluding hydrogens is 389 g/mol. The molecule has 0 aliphatic rings. The van der Waals surface area contributed by atoms with Crippen LogP contribution in [-0.4, -0.2) is 14.2 Å². The molecule has 0 fully saturated rings. The van der Waals surface area contributed by atoms with Crippen LogP contribution in [0.15, 0.2) is 36.4 Å². The van der Waals surface area contributed by atoms with Crippen LogP contribution in [0.4, 0.5) is 5.69 Å². The van der Waals surface area contributed by atoms with Gasteiger partial charge in [0.15, 0.2) is 11.5 Å². The van der Waals surface area contributed by atoms with Crippen LogP contribution in [0.2, 0.25) is 5.02 Å². The fraction of sp³-hybridized carbons (Fsp3) is 0.200. The summed E-state index contributed by atoms with van der Waals surface area (Å²) in [7, 11) is 3.18. The minimum absolute atomic E-state index is 0.547. The predicted octanol–water partition coefficient (Wildman–Crippen LogP) is 4.57. The van der Waals surface area contributed by atoms with E-state index in [0.29, 0.717) is 23.1 Å². The Kier molecular flexibility index (Phi) is 5.37. The van der Waals surface area contributed by atoms with Crippen LogP contribution in [0.5, 0.6) is 11.5 Å². The summed E-state index contributed by atoms with van der Waals surface area (Å²) in [5.74, 6) is 1.20. The highest BCUT2D eigenvalue weighted by molar-refractivity contribution is 14.1. The molecular formula is C15H15ClINO2. The molecule has 3 nitrogen and oxygen atoms in total. The van der Waals surface area contributed by atoms with Crippen LogP contribution < -0.4 is 14.8 Å². The molecule has 5 heteroatoms. The lowest BCUT2D eigenvalue weighted by Gasteiger charge is -2.13. The summed E-state index contributed by atoms with van der Waals surface area (Å²) in [6.45, 7) is 0.667. The van der Waals surface area contributed by atoms with Gasteiger partial charge in [-0.15, -0.1) is 0 Å². The zero-order valence-electron chi connectivity index (χ0n) is 11.2. The number of ether oxygens (including phenoxy) is 2. The minimum Gasteiger partial charge on any atom is -0.493 e. The molecule has 0 aliphatic carbocycles. The third-order valence-corrected chi connectivity index (χ3v) is 3.77. The number of hydrogen-bond acceptors (Lipinski definition) is 3. The summed E-state index contributed by atoms with van der Waals surface area (Å²) < 4.78 is 11.7. The highest BCUT2D eigenvalue weighted by Gasteiger charge is 2.10. The van der Waals surface area contributed by atoms with Crippen LogP contribution in [0.1, 0.15) is 5.56 Å². The Morgan fingerprint density at radius 3 is 2.60 bits per heavy atom. The second-order valence-corrected chi connectivity index (χ2v) is 5.83. The van der Waals surface area contributed by atoms with E-state index in [9.17, 15) is 0 Å². The number of nitrogens with one attached hydrogen (secondary N) is 1. The first kappa shape index (κ1) is 15.3. The SMILES string of the molecule is COc1cc(CNc2cccc(I)c2)cc(Cl)c1OC. The van der Waals surface area contributed by atoms with E-state index in [1.807, 2.05) is 24.3 Å². The van der Waals surface area contributed by atoms with Crippen molar-refractivity contribution in [1.29, 1.82) is 0 Å². The molecule has 0 bridgehead atoms. The molecule has 0 saturated heterocycles. The van der Waals surface area contributed by atoms with E-state index >= 15 is 0 Å². The number of rotatable bonds is 5. The van der Waals surface area contributed by atoms with Gasteiger partial charge in [0.1, 0.15) is 0 Å². The summed E-state index contributed by atoms with van der Waals surface area (Å²) in [5.41, 5.74) is 2.11. The molecule has 2 rings (SSSR count). The molecule has 2 aromatic rings. The van der Waals surface area contributed by atoms with E-state index < -0.39 is 0 Å². The van der Waals surface area contributed by atoms with Gasteiger partial charge >= 0.3 is 0 Å². The topological polar surface area (TPSA) is 30.5 Å². The van der Waals surface area contributed by atoms with Gasteiger partial charge in [0, 0.05) is 15.8 Å². The first-order valence-corrected chi connectivity index (χ1v) is 7.49. The molecule has 0 spiro atoms. The van der Waals surface area contributed by atoms with Crippen LogP contribution in [0.25, 0.3) is 0 Å². The Morgan fingerprint density at radius 1 is 1.15 bits per heavy atom. The lowest BCUT2D eigenvalue weighted by molar-refractivity contribution is 0.355. The lowest BCUT2D eigenvalue weighted by atomic mass is 10.2. The van der Waals surface area contributed by atoms with E-state index in [-0.39, 0.29) is 0 Å². The maximum Gasteiger partial charge on any atom is 0.179 e. The second-order valence-electron chi connectivity index (χ2n) is 4.18. The van der Waals surface area contributed by atoms with Gasteiger partial charge in [-0.3, -0.25) is 0 Å². The smallest absolute Gasteiger partial charge is 0.179 e. The Hall–Kier alpha value is -1.14. The first-order valence-electron chi connectivity index (χ1n) is 6.04. The Morgan fingerprint density at radius 2 is 1.95 bits per heavy atom. The van der Waals surface area contributed by atoms with Gasteiger partial charge in [0.05, 0.1) is 19.2 Å². The van der Waals surface area contributed by atoms with Crippen molar-refractivity contribution in [2.75, 3.05) is 19.5 Å². The van der Waals surface area contributed by atoms with E-state index in [1.165, 1.54) is 3.57 Å². The molecule has 0 atom stereocenters. The van der Waals surface area contributed by atoms with E-state index in [0.717, 1.165) is 11.3 Å². The normalized spacial score (nSPS) is 10.2. The summed E-state index contributed by atoms with van der Waals surface area (Å²) in [4.78, 5) is 0. The minimum atomic E-state index is 0.547. The van der Waals surface area contributed by atoms with Crippen LogP contribution in [0, 0.1) is 3.57 Å². The molecule has 20 heavy (non-hydrogen) atoms. The fourth-order valence-corrected chi connectivity index (χ4v) is 2.73. The van der Waals surface area contributed by atoms with E-state index in [4.69, 9.17) is 21.1 Å². The van der Waals surface area contributed by atoms with E-state index in [2.05, 4.69) is 40.0 Å². The molecule has 0 aliphatic heterocycles. The Balaban J connectivity index is 2.16. The number of halogens is 2.